The van der Waals surface area contributed by atoms with Gasteiger partial charge in [-0.2, -0.15) is 10.5 Å². The molecule has 0 aliphatic heterocycles. The second-order valence-corrected chi connectivity index (χ2v) is 12.1. The maximum absolute atomic E-state index is 9.79. The smallest absolute Gasteiger partial charge is 0.160 e. The lowest BCUT2D eigenvalue weighted by Crippen LogP contribution is -1.98. The van der Waals surface area contributed by atoms with Gasteiger partial charge < -0.3 is 0 Å². The monoisotopic (exact) mass is 636 g/mol. The molecule has 0 radical (unpaired) electrons. The van der Waals surface area contributed by atoms with Gasteiger partial charge in [0, 0.05) is 22.1 Å². The molecule has 7 aromatic carbocycles. The maximum atomic E-state index is 9.79. The molecule has 8 rings (SSSR count). The standard InChI is InChI=1S/C46H28N4/c47-29-31-9-7-15-39(25-31)44-43-28-41(37-19-17-35(18-20-37)33-11-3-1-4-12-33)27-42(38-23-21-36(22-24-38)34-13-5-2-6-14-34)45(43)50-46(49-44)40-16-8-10-32(26-40)30-48/h1-28H. The Labute approximate surface area is 290 Å². The highest BCUT2D eigenvalue weighted by Crippen LogP contribution is 2.39. The van der Waals surface area contributed by atoms with Gasteiger partial charge in [0.2, 0.25) is 0 Å². The normalized spacial score (nSPS) is 10.8. The lowest BCUT2D eigenvalue weighted by atomic mass is 9.92. The van der Waals surface area contributed by atoms with Gasteiger partial charge in [0.25, 0.3) is 0 Å². The number of rotatable bonds is 6. The highest BCUT2D eigenvalue weighted by atomic mass is 14.9. The Morgan fingerprint density at radius 3 is 1.38 bits per heavy atom. The Hall–Kier alpha value is -7.14. The molecule has 0 atom stereocenters. The largest absolute Gasteiger partial charge is 0.227 e. The number of nitriles is 2. The van der Waals surface area contributed by atoms with Crippen molar-refractivity contribution in [3.05, 3.63) is 181 Å². The van der Waals surface area contributed by atoms with Gasteiger partial charge in [-0.25, -0.2) is 9.97 Å². The Kier molecular flexibility index (Phi) is 7.95. The number of fused-ring (bicyclic) bond motifs is 1. The molecule has 0 aliphatic rings. The lowest BCUT2D eigenvalue weighted by molar-refractivity contribution is 1.23. The first-order chi connectivity index (χ1) is 24.7. The average Bonchev–Trinajstić information content (AvgIpc) is 3.21. The van der Waals surface area contributed by atoms with E-state index < -0.39 is 0 Å². The third-order valence-corrected chi connectivity index (χ3v) is 8.94. The summed E-state index contributed by atoms with van der Waals surface area (Å²) in [7, 11) is 0. The summed E-state index contributed by atoms with van der Waals surface area (Å²) in [6.07, 6.45) is 0. The molecule has 0 N–H and O–H groups in total. The first-order valence-corrected chi connectivity index (χ1v) is 16.4. The minimum Gasteiger partial charge on any atom is -0.227 e. The van der Waals surface area contributed by atoms with Crippen LogP contribution >= 0.6 is 0 Å². The average molecular weight is 637 g/mol. The molecule has 1 heterocycles. The van der Waals surface area contributed by atoms with Gasteiger partial charge in [0.15, 0.2) is 5.82 Å². The van der Waals surface area contributed by atoms with Gasteiger partial charge in [0.1, 0.15) is 0 Å². The van der Waals surface area contributed by atoms with Crippen LogP contribution in [0.5, 0.6) is 0 Å². The first kappa shape index (κ1) is 30.2. The molecule has 50 heavy (non-hydrogen) atoms. The van der Waals surface area contributed by atoms with Crippen LogP contribution in [0.1, 0.15) is 11.1 Å². The fourth-order valence-electron chi connectivity index (χ4n) is 6.39. The number of hydrogen-bond acceptors (Lipinski definition) is 4. The van der Waals surface area contributed by atoms with Crippen LogP contribution in [0.4, 0.5) is 0 Å². The maximum Gasteiger partial charge on any atom is 0.160 e. The van der Waals surface area contributed by atoms with E-state index >= 15 is 0 Å². The van der Waals surface area contributed by atoms with Crippen LogP contribution < -0.4 is 0 Å². The summed E-state index contributed by atoms with van der Waals surface area (Å²) in [6.45, 7) is 0. The fraction of sp³-hybridized carbons (Fsp3) is 0. The van der Waals surface area contributed by atoms with E-state index in [0.717, 1.165) is 72.2 Å². The van der Waals surface area contributed by atoms with E-state index in [1.807, 2.05) is 60.7 Å². The van der Waals surface area contributed by atoms with E-state index in [9.17, 15) is 10.5 Å². The first-order valence-electron chi connectivity index (χ1n) is 16.4. The van der Waals surface area contributed by atoms with Crippen LogP contribution in [-0.2, 0) is 0 Å². The highest BCUT2D eigenvalue weighted by Gasteiger charge is 2.18. The van der Waals surface area contributed by atoms with Crippen molar-refractivity contribution in [2.75, 3.05) is 0 Å². The van der Waals surface area contributed by atoms with Crippen LogP contribution in [0.15, 0.2) is 170 Å². The molecule has 0 spiro atoms. The van der Waals surface area contributed by atoms with Crippen molar-refractivity contribution in [1.29, 1.82) is 10.5 Å². The molecule has 4 nitrogen and oxygen atoms in total. The Morgan fingerprint density at radius 1 is 0.360 bits per heavy atom. The van der Waals surface area contributed by atoms with E-state index in [1.165, 1.54) is 0 Å². The van der Waals surface area contributed by atoms with Crippen LogP contribution in [0, 0.1) is 22.7 Å². The van der Waals surface area contributed by atoms with E-state index in [2.05, 4.69) is 109 Å². The molecule has 232 valence electrons. The molecule has 0 unspecified atom stereocenters. The van der Waals surface area contributed by atoms with Crippen LogP contribution in [-0.4, -0.2) is 9.97 Å². The third-order valence-electron chi connectivity index (χ3n) is 8.94. The summed E-state index contributed by atoms with van der Waals surface area (Å²) in [5.41, 5.74) is 12.8. The van der Waals surface area contributed by atoms with Gasteiger partial charge in [0.05, 0.1) is 34.5 Å². The minimum atomic E-state index is 0.508. The number of aromatic nitrogens is 2. The van der Waals surface area contributed by atoms with Crippen molar-refractivity contribution in [3.63, 3.8) is 0 Å². The lowest BCUT2D eigenvalue weighted by Gasteiger charge is -2.16. The van der Waals surface area contributed by atoms with Crippen molar-refractivity contribution >= 4 is 10.9 Å². The second-order valence-electron chi connectivity index (χ2n) is 12.1. The van der Waals surface area contributed by atoms with Gasteiger partial charge in [-0.05, 0) is 75.3 Å². The second kappa shape index (κ2) is 13.2. The zero-order valence-corrected chi connectivity index (χ0v) is 27.0. The zero-order chi connectivity index (χ0) is 33.9. The van der Waals surface area contributed by atoms with Gasteiger partial charge >= 0.3 is 0 Å². The summed E-state index contributed by atoms with van der Waals surface area (Å²) in [4.78, 5) is 10.3. The summed E-state index contributed by atoms with van der Waals surface area (Å²) in [5, 5.41) is 20.3. The molecule has 1 aromatic heterocycles. The van der Waals surface area contributed by atoms with Gasteiger partial charge in [-0.1, -0.05) is 133 Å². The molecule has 0 amide bonds. The highest BCUT2D eigenvalue weighted by molar-refractivity contribution is 6.04. The van der Waals surface area contributed by atoms with E-state index in [0.29, 0.717) is 17.0 Å². The third kappa shape index (κ3) is 5.90. The molecule has 8 aromatic rings. The number of hydrogen-bond donors (Lipinski definition) is 0. The zero-order valence-electron chi connectivity index (χ0n) is 27.0. The Bertz CT molecular complexity index is 2580. The van der Waals surface area contributed by atoms with E-state index in [-0.39, 0.29) is 0 Å². The van der Waals surface area contributed by atoms with Crippen LogP contribution in [0.25, 0.3) is 78.1 Å². The van der Waals surface area contributed by atoms with E-state index in [1.54, 1.807) is 12.1 Å². The molecular formula is C46H28N4. The summed E-state index contributed by atoms with van der Waals surface area (Å²) in [5.74, 6) is 0.508. The minimum absolute atomic E-state index is 0.508. The van der Waals surface area contributed by atoms with Crippen molar-refractivity contribution in [3.8, 4) is 79.3 Å². The SMILES string of the molecule is N#Cc1cccc(-c2nc(-c3cccc(C#N)c3)c3cc(-c4ccc(-c5ccccc5)cc4)cc(-c4ccc(-c5ccccc5)cc4)c3n2)c1. The number of benzene rings is 7. The molecule has 4 heteroatoms. The quantitative estimate of drug-likeness (QED) is 0.182. The fourth-order valence-corrected chi connectivity index (χ4v) is 6.39. The number of nitrogens with zero attached hydrogens (tertiary/aromatic N) is 4. The van der Waals surface area contributed by atoms with Gasteiger partial charge in [-0.3, -0.25) is 0 Å². The molecule has 0 aliphatic carbocycles. The topological polar surface area (TPSA) is 73.4 Å². The Morgan fingerprint density at radius 2 is 0.820 bits per heavy atom. The molecule has 0 fully saturated rings. The predicted octanol–water partition coefficient (Wildman–Crippen LogP) is 11.4. The van der Waals surface area contributed by atoms with Crippen molar-refractivity contribution in [2.24, 2.45) is 0 Å². The van der Waals surface area contributed by atoms with E-state index in [4.69, 9.17) is 9.97 Å². The molecule has 0 bridgehead atoms. The summed E-state index contributed by atoms with van der Waals surface area (Å²) in [6, 6.07) is 61.7. The Balaban J connectivity index is 1.39. The summed E-state index contributed by atoms with van der Waals surface area (Å²) < 4.78 is 0. The van der Waals surface area contributed by atoms with Crippen molar-refractivity contribution in [2.45, 2.75) is 0 Å². The molecular weight excluding hydrogens is 609 g/mol. The predicted molar refractivity (Wildman–Crippen MR) is 202 cm³/mol. The van der Waals surface area contributed by atoms with Crippen molar-refractivity contribution < 1.29 is 0 Å². The van der Waals surface area contributed by atoms with Crippen LogP contribution in [0.3, 0.4) is 0 Å². The van der Waals surface area contributed by atoms with Crippen LogP contribution in [0.2, 0.25) is 0 Å². The van der Waals surface area contributed by atoms with Gasteiger partial charge in [-0.15, -0.1) is 0 Å². The molecule has 0 saturated carbocycles. The summed E-state index contributed by atoms with van der Waals surface area (Å²) >= 11 is 0. The van der Waals surface area contributed by atoms with Crippen molar-refractivity contribution in [1.82, 2.24) is 9.97 Å². The molecule has 0 saturated heterocycles.